The fraction of sp³-hybridized carbons (Fsp3) is 0.455. The highest BCUT2D eigenvalue weighted by Gasteiger charge is 2.48. The number of alkyl halides is 1. The van der Waals surface area contributed by atoms with Gasteiger partial charge in [-0.15, -0.1) is 0 Å². The van der Waals surface area contributed by atoms with E-state index in [1.165, 1.54) is 23.0 Å². The first-order valence-electron chi connectivity index (χ1n) is 10.8. The van der Waals surface area contributed by atoms with E-state index in [2.05, 4.69) is 20.1 Å². The van der Waals surface area contributed by atoms with Crippen LogP contribution in [0.25, 0.3) is 11.2 Å². The SMILES string of the molecule is CC(C)(C)c1cc([C@H]2O[C@@H](n3cnc4c(C5(F)C=C(Cl)C=CC5N)nc(Cl)nc43)[C@H](O)[C@@H]2O)on1. The number of hydrogen-bond donors (Lipinski definition) is 3. The highest BCUT2D eigenvalue weighted by molar-refractivity contribution is 6.31. The van der Waals surface area contributed by atoms with Crippen LogP contribution >= 0.6 is 23.2 Å². The molecule has 4 N–H and O–H groups in total. The summed E-state index contributed by atoms with van der Waals surface area (Å²) in [7, 11) is 0. The van der Waals surface area contributed by atoms with Crippen molar-refractivity contribution in [2.24, 2.45) is 5.73 Å². The van der Waals surface area contributed by atoms with Crippen LogP contribution in [0.5, 0.6) is 0 Å². The number of nitrogens with zero attached hydrogens (tertiary/aromatic N) is 5. The van der Waals surface area contributed by atoms with Gasteiger partial charge in [0, 0.05) is 16.5 Å². The Balaban J connectivity index is 1.55. The minimum Gasteiger partial charge on any atom is -0.387 e. The van der Waals surface area contributed by atoms with Crippen LogP contribution in [0, 0.1) is 0 Å². The van der Waals surface area contributed by atoms with Gasteiger partial charge >= 0.3 is 0 Å². The molecule has 0 spiro atoms. The Labute approximate surface area is 209 Å². The minimum atomic E-state index is -2.31. The number of fused-ring (bicyclic) bond motifs is 1. The smallest absolute Gasteiger partial charge is 0.224 e. The number of hydrogen-bond acceptors (Lipinski definition) is 9. The molecule has 186 valence electrons. The summed E-state index contributed by atoms with van der Waals surface area (Å²) in [6.07, 6.45) is 0.426. The van der Waals surface area contributed by atoms with Crippen molar-refractivity contribution >= 4 is 34.4 Å². The van der Waals surface area contributed by atoms with Gasteiger partial charge in [-0.3, -0.25) is 4.57 Å². The van der Waals surface area contributed by atoms with Gasteiger partial charge in [-0.2, -0.15) is 4.98 Å². The Morgan fingerprint density at radius 2 is 1.94 bits per heavy atom. The van der Waals surface area contributed by atoms with Crippen LogP contribution in [0.15, 0.2) is 40.2 Å². The summed E-state index contributed by atoms with van der Waals surface area (Å²) < 4.78 is 28.8. The quantitative estimate of drug-likeness (QED) is 0.440. The zero-order chi connectivity index (χ0) is 25.3. The van der Waals surface area contributed by atoms with E-state index in [9.17, 15) is 10.2 Å². The van der Waals surface area contributed by atoms with Crippen LogP contribution in [0.1, 0.15) is 50.3 Å². The zero-order valence-corrected chi connectivity index (χ0v) is 20.4. The molecule has 0 aromatic carbocycles. The predicted molar refractivity (Wildman–Crippen MR) is 124 cm³/mol. The van der Waals surface area contributed by atoms with Crippen molar-refractivity contribution in [2.45, 2.75) is 62.4 Å². The maximum absolute atomic E-state index is 16.1. The molecular formula is C22H23Cl2FN6O4. The highest BCUT2D eigenvalue weighted by Crippen LogP contribution is 2.43. The second-order valence-corrected chi connectivity index (χ2v) is 10.4. The molecule has 5 rings (SSSR count). The van der Waals surface area contributed by atoms with Crippen LogP contribution in [0.2, 0.25) is 5.28 Å². The molecule has 35 heavy (non-hydrogen) atoms. The standard InChI is InChI=1S/C22H23Cl2FN6O4/c1-21(2,3)12-6-10(35-30-12)16-14(32)15(33)19(34-16)31-8-27-13-17(28-20(24)29-18(13)31)22(25)7-9(23)4-5-11(22)26/h4-8,11,14-16,19,32-33H,26H2,1-3H3/t11?,14-,15+,16+,19+,22?/m0/s1. The zero-order valence-electron chi connectivity index (χ0n) is 18.9. The van der Waals surface area contributed by atoms with Crippen molar-refractivity contribution in [1.82, 2.24) is 24.7 Å². The average Bonchev–Trinajstić information content (AvgIpc) is 3.49. The topological polar surface area (TPSA) is 145 Å². The number of nitrogens with two attached hydrogens (primary N) is 1. The minimum absolute atomic E-state index is 0.0480. The van der Waals surface area contributed by atoms with Gasteiger partial charge in [-0.05, 0) is 23.8 Å². The molecule has 2 aliphatic rings. The van der Waals surface area contributed by atoms with E-state index in [1.807, 2.05) is 20.8 Å². The maximum Gasteiger partial charge on any atom is 0.224 e. The summed E-state index contributed by atoms with van der Waals surface area (Å²) in [6, 6.07) is 0.569. The molecular weight excluding hydrogens is 502 g/mol. The van der Waals surface area contributed by atoms with Crippen molar-refractivity contribution in [1.29, 1.82) is 0 Å². The van der Waals surface area contributed by atoms with Crippen LogP contribution < -0.4 is 5.73 Å². The Hall–Kier alpha value is -2.41. The molecule has 1 saturated heterocycles. The summed E-state index contributed by atoms with van der Waals surface area (Å²) in [5.74, 6) is 0.254. The molecule has 3 aromatic rings. The second-order valence-electron chi connectivity index (χ2n) is 9.64. The number of rotatable bonds is 3. The number of allylic oxidation sites excluding steroid dienone is 2. The molecule has 13 heteroatoms. The van der Waals surface area contributed by atoms with Crippen LogP contribution in [-0.2, 0) is 15.8 Å². The molecule has 6 atom stereocenters. The van der Waals surface area contributed by atoms with Crippen molar-refractivity contribution in [3.63, 3.8) is 0 Å². The molecule has 3 aromatic heterocycles. The number of aliphatic hydroxyl groups is 2. The fourth-order valence-corrected chi connectivity index (χ4v) is 4.55. The summed E-state index contributed by atoms with van der Waals surface area (Å²) in [4.78, 5) is 12.5. The maximum atomic E-state index is 16.1. The lowest BCUT2D eigenvalue weighted by Gasteiger charge is -2.28. The molecule has 0 saturated carbocycles. The van der Waals surface area contributed by atoms with Crippen LogP contribution in [-0.4, -0.2) is 53.1 Å². The van der Waals surface area contributed by atoms with Gasteiger partial charge in [0.25, 0.3) is 0 Å². The Bertz CT molecular complexity index is 1350. The Morgan fingerprint density at radius 3 is 2.63 bits per heavy atom. The molecule has 1 fully saturated rings. The van der Waals surface area contributed by atoms with Crippen molar-refractivity contribution in [2.75, 3.05) is 0 Å². The Kier molecular flexibility index (Phi) is 5.78. The van der Waals surface area contributed by atoms with Crippen LogP contribution in [0.3, 0.4) is 0 Å². The lowest BCUT2D eigenvalue weighted by molar-refractivity contribution is -0.0434. The van der Waals surface area contributed by atoms with E-state index in [1.54, 1.807) is 6.07 Å². The van der Waals surface area contributed by atoms with Gasteiger partial charge in [-0.25, -0.2) is 14.4 Å². The number of aromatic nitrogens is 5. The third-order valence-corrected chi connectivity index (χ3v) is 6.55. The normalized spacial score (nSPS) is 31.3. The highest BCUT2D eigenvalue weighted by atomic mass is 35.5. The number of aliphatic hydroxyl groups excluding tert-OH is 2. The van der Waals surface area contributed by atoms with Crippen molar-refractivity contribution in [3.05, 3.63) is 58.1 Å². The van der Waals surface area contributed by atoms with Gasteiger partial charge in [0.1, 0.15) is 29.5 Å². The molecule has 2 unspecified atom stereocenters. The number of halogens is 3. The summed E-state index contributed by atoms with van der Waals surface area (Å²) in [5, 5.41) is 25.4. The van der Waals surface area contributed by atoms with E-state index in [0.29, 0.717) is 5.69 Å². The first kappa shape index (κ1) is 24.3. The van der Waals surface area contributed by atoms with Crippen molar-refractivity contribution in [3.8, 4) is 0 Å². The van der Waals surface area contributed by atoms with E-state index >= 15 is 4.39 Å². The molecule has 0 amide bonds. The molecule has 0 radical (unpaired) electrons. The third-order valence-electron chi connectivity index (χ3n) is 6.14. The van der Waals surface area contributed by atoms with Gasteiger partial charge in [0.2, 0.25) is 5.28 Å². The van der Waals surface area contributed by atoms with Gasteiger partial charge in [0.05, 0.1) is 18.1 Å². The lowest BCUT2D eigenvalue weighted by atomic mass is 9.88. The largest absolute Gasteiger partial charge is 0.387 e. The molecule has 4 heterocycles. The number of imidazole rings is 1. The van der Waals surface area contributed by atoms with Gasteiger partial charge < -0.3 is 25.2 Å². The monoisotopic (exact) mass is 524 g/mol. The molecule has 1 aliphatic heterocycles. The summed E-state index contributed by atoms with van der Waals surface area (Å²) in [5.41, 5.74) is 4.02. The third kappa shape index (κ3) is 3.96. The Morgan fingerprint density at radius 1 is 1.20 bits per heavy atom. The second kappa shape index (κ2) is 8.32. The van der Waals surface area contributed by atoms with Gasteiger partial charge in [0.15, 0.2) is 23.3 Å². The summed E-state index contributed by atoms with van der Waals surface area (Å²) >= 11 is 12.2. The van der Waals surface area contributed by atoms with E-state index < -0.39 is 36.3 Å². The lowest BCUT2D eigenvalue weighted by Crippen LogP contribution is -2.41. The van der Waals surface area contributed by atoms with E-state index in [-0.39, 0.29) is 38.3 Å². The molecule has 10 nitrogen and oxygen atoms in total. The predicted octanol–water partition coefficient (Wildman–Crippen LogP) is 2.94. The van der Waals surface area contributed by atoms with Crippen molar-refractivity contribution < 1.29 is 23.9 Å². The molecule has 1 aliphatic carbocycles. The first-order chi connectivity index (χ1) is 16.4. The average molecular weight is 525 g/mol. The summed E-state index contributed by atoms with van der Waals surface area (Å²) in [6.45, 7) is 5.89. The van der Waals surface area contributed by atoms with E-state index in [0.717, 1.165) is 6.08 Å². The molecule has 0 bridgehead atoms. The van der Waals surface area contributed by atoms with Gasteiger partial charge in [-0.1, -0.05) is 43.6 Å². The fourth-order valence-electron chi connectivity index (χ4n) is 4.15. The van der Waals surface area contributed by atoms with Crippen LogP contribution in [0.4, 0.5) is 4.39 Å². The van der Waals surface area contributed by atoms with E-state index in [4.69, 9.17) is 38.2 Å². The number of ether oxygens (including phenoxy) is 1. The first-order valence-corrected chi connectivity index (χ1v) is 11.6.